The van der Waals surface area contributed by atoms with Crippen LogP contribution in [0.15, 0.2) is 48.5 Å². The van der Waals surface area contributed by atoms with Crippen LogP contribution in [0.25, 0.3) is 0 Å². The molecule has 5 nitrogen and oxygen atoms in total. The summed E-state index contributed by atoms with van der Waals surface area (Å²) in [6.07, 6.45) is 0.619. The molecule has 1 heterocycles. The number of halogens is 2. The molecule has 1 fully saturated rings. The third-order valence-electron chi connectivity index (χ3n) is 4.52. The van der Waals surface area contributed by atoms with Crippen molar-refractivity contribution in [2.24, 2.45) is 0 Å². The van der Waals surface area contributed by atoms with Crippen LogP contribution in [0.1, 0.15) is 22.3 Å². The van der Waals surface area contributed by atoms with E-state index in [9.17, 15) is 18.4 Å². The summed E-state index contributed by atoms with van der Waals surface area (Å²) in [4.78, 5) is 28.1. The van der Waals surface area contributed by atoms with Gasteiger partial charge in [0.05, 0.1) is 0 Å². The van der Waals surface area contributed by atoms with Crippen LogP contribution in [0, 0.1) is 11.6 Å². The Balaban J connectivity index is 1.55. The minimum atomic E-state index is -1.04. The van der Waals surface area contributed by atoms with Crippen molar-refractivity contribution in [2.75, 3.05) is 26.2 Å². The monoisotopic (exact) mass is 373 g/mol. The molecule has 3 amide bonds. The van der Waals surface area contributed by atoms with Crippen LogP contribution in [-0.2, 0) is 6.54 Å². The zero-order chi connectivity index (χ0) is 19.2. The number of carbonyl (C=O) groups is 2. The van der Waals surface area contributed by atoms with E-state index in [4.69, 9.17) is 0 Å². The van der Waals surface area contributed by atoms with Crippen LogP contribution in [0.4, 0.5) is 13.6 Å². The summed E-state index contributed by atoms with van der Waals surface area (Å²) < 4.78 is 26.4. The summed E-state index contributed by atoms with van der Waals surface area (Å²) in [6.45, 7) is 2.16. The van der Waals surface area contributed by atoms with Gasteiger partial charge in [0.2, 0.25) is 0 Å². The fourth-order valence-electron chi connectivity index (χ4n) is 3.02. The summed E-state index contributed by atoms with van der Waals surface area (Å²) in [5, 5.41) is 2.88. The molecule has 3 rings (SSSR count). The molecule has 1 aliphatic heterocycles. The van der Waals surface area contributed by atoms with E-state index >= 15 is 0 Å². The van der Waals surface area contributed by atoms with Gasteiger partial charge in [-0.15, -0.1) is 0 Å². The molecule has 0 unspecified atom stereocenters. The Bertz CT molecular complexity index is 814. The highest BCUT2D eigenvalue weighted by molar-refractivity contribution is 5.94. The van der Waals surface area contributed by atoms with E-state index in [1.54, 1.807) is 9.80 Å². The van der Waals surface area contributed by atoms with E-state index in [0.717, 1.165) is 17.7 Å². The van der Waals surface area contributed by atoms with Gasteiger partial charge in [0.15, 0.2) is 11.6 Å². The summed E-state index contributed by atoms with van der Waals surface area (Å²) in [7, 11) is 0. The molecule has 2 aromatic carbocycles. The average Bonchev–Trinajstić information content (AvgIpc) is 2.95. The number of rotatable bonds is 3. The van der Waals surface area contributed by atoms with Crippen molar-refractivity contribution < 1.29 is 18.4 Å². The molecule has 1 saturated heterocycles. The van der Waals surface area contributed by atoms with Crippen molar-refractivity contribution in [3.63, 3.8) is 0 Å². The Morgan fingerprint density at radius 3 is 2.33 bits per heavy atom. The minimum absolute atomic E-state index is 0.107. The Kier molecular flexibility index (Phi) is 6.01. The second-order valence-corrected chi connectivity index (χ2v) is 6.41. The van der Waals surface area contributed by atoms with E-state index in [-0.39, 0.29) is 17.5 Å². The van der Waals surface area contributed by atoms with Crippen molar-refractivity contribution >= 4 is 11.9 Å². The molecular formula is C20H21F2N3O2. The van der Waals surface area contributed by atoms with E-state index < -0.39 is 11.6 Å². The fourth-order valence-corrected chi connectivity index (χ4v) is 3.02. The highest BCUT2D eigenvalue weighted by atomic mass is 19.2. The molecule has 7 heteroatoms. The first-order valence-corrected chi connectivity index (χ1v) is 8.85. The third-order valence-corrected chi connectivity index (χ3v) is 4.52. The zero-order valence-electron chi connectivity index (χ0n) is 14.8. The summed E-state index contributed by atoms with van der Waals surface area (Å²) in [5.41, 5.74) is 1.12. The topological polar surface area (TPSA) is 52.7 Å². The lowest BCUT2D eigenvalue weighted by molar-refractivity contribution is 0.0761. The van der Waals surface area contributed by atoms with Crippen molar-refractivity contribution in [1.29, 1.82) is 0 Å². The lowest BCUT2D eigenvalue weighted by Crippen LogP contribution is -2.42. The number of urea groups is 1. The second-order valence-electron chi connectivity index (χ2n) is 6.41. The Morgan fingerprint density at radius 2 is 1.59 bits per heavy atom. The maximum Gasteiger partial charge on any atom is 0.317 e. The van der Waals surface area contributed by atoms with Crippen molar-refractivity contribution in [1.82, 2.24) is 15.1 Å². The number of amides is 3. The summed E-state index contributed by atoms with van der Waals surface area (Å²) >= 11 is 0. The number of nitrogens with one attached hydrogen (secondary N) is 1. The zero-order valence-corrected chi connectivity index (χ0v) is 14.8. The quantitative estimate of drug-likeness (QED) is 0.899. The first-order chi connectivity index (χ1) is 13.0. The van der Waals surface area contributed by atoms with Gasteiger partial charge >= 0.3 is 6.03 Å². The maximum absolute atomic E-state index is 13.4. The van der Waals surface area contributed by atoms with Crippen molar-refractivity contribution in [3.05, 3.63) is 71.3 Å². The van der Waals surface area contributed by atoms with Crippen LogP contribution in [0.2, 0.25) is 0 Å². The highest BCUT2D eigenvalue weighted by Crippen LogP contribution is 2.13. The van der Waals surface area contributed by atoms with Gasteiger partial charge in [0.25, 0.3) is 5.91 Å². The van der Waals surface area contributed by atoms with E-state index in [1.165, 1.54) is 6.07 Å². The normalized spacial score (nSPS) is 14.6. The van der Waals surface area contributed by atoms with Crippen LogP contribution >= 0.6 is 0 Å². The number of hydrogen-bond acceptors (Lipinski definition) is 2. The highest BCUT2D eigenvalue weighted by Gasteiger charge is 2.23. The maximum atomic E-state index is 13.4. The Morgan fingerprint density at radius 1 is 0.889 bits per heavy atom. The molecule has 1 N–H and O–H groups in total. The summed E-state index contributed by atoms with van der Waals surface area (Å²) in [6, 6.07) is 12.6. The van der Waals surface area contributed by atoms with Gasteiger partial charge in [-0.2, -0.15) is 0 Å². The largest absolute Gasteiger partial charge is 0.337 e. The lowest BCUT2D eigenvalue weighted by atomic mass is 10.2. The SMILES string of the molecule is O=C(NCc1ccccc1)N1CCCN(C(=O)c2ccc(F)c(F)c2)CC1. The van der Waals surface area contributed by atoms with Gasteiger partial charge in [-0.25, -0.2) is 13.6 Å². The molecule has 0 radical (unpaired) electrons. The van der Waals surface area contributed by atoms with Gasteiger partial charge in [-0.3, -0.25) is 4.79 Å². The van der Waals surface area contributed by atoms with Crippen molar-refractivity contribution in [3.8, 4) is 0 Å². The van der Waals surface area contributed by atoms with Crippen molar-refractivity contribution in [2.45, 2.75) is 13.0 Å². The van der Waals surface area contributed by atoms with Crippen LogP contribution < -0.4 is 5.32 Å². The first-order valence-electron chi connectivity index (χ1n) is 8.85. The molecule has 0 atom stereocenters. The first kappa shape index (κ1) is 18.8. The lowest BCUT2D eigenvalue weighted by Gasteiger charge is -2.22. The molecule has 0 aromatic heterocycles. The smallest absolute Gasteiger partial charge is 0.317 e. The number of carbonyl (C=O) groups excluding carboxylic acids is 2. The molecule has 1 aliphatic rings. The summed E-state index contributed by atoms with van der Waals surface area (Å²) in [5.74, 6) is -2.39. The standard InChI is InChI=1S/C20H21F2N3O2/c21-17-8-7-16(13-18(17)22)19(26)24-9-4-10-25(12-11-24)20(27)23-14-15-5-2-1-3-6-15/h1-3,5-8,13H,4,9-12,14H2,(H,23,27). The fraction of sp³-hybridized carbons (Fsp3) is 0.300. The minimum Gasteiger partial charge on any atom is -0.337 e. The number of hydrogen-bond donors (Lipinski definition) is 1. The van der Waals surface area contributed by atoms with E-state index in [1.807, 2.05) is 30.3 Å². The molecule has 27 heavy (non-hydrogen) atoms. The Labute approximate surface area is 156 Å². The third kappa shape index (κ3) is 4.81. The molecule has 0 saturated carbocycles. The number of benzene rings is 2. The van der Waals surface area contributed by atoms with E-state index in [0.29, 0.717) is 39.1 Å². The van der Waals surface area contributed by atoms with Gasteiger partial charge in [0.1, 0.15) is 0 Å². The van der Waals surface area contributed by atoms with Gasteiger partial charge < -0.3 is 15.1 Å². The molecule has 142 valence electrons. The molecular weight excluding hydrogens is 352 g/mol. The predicted molar refractivity (Wildman–Crippen MR) is 97.1 cm³/mol. The van der Waals surface area contributed by atoms with Crippen LogP contribution in [-0.4, -0.2) is 47.9 Å². The number of nitrogens with zero attached hydrogens (tertiary/aromatic N) is 2. The van der Waals surface area contributed by atoms with Gasteiger partial charge in [-0.1, -0.05) is 30.3 Å². The molecule has 0 aliphatic carbocycles. The Hall–Kier alpha value is -2.96. The van der Waals surface area contributed by atoms with Crippen LogP contribution in [0.3, 0.4) is 0 Å². The molecule has 2 aromatic rings. The predicted octanol–water partition coefficient (Wildman–Crippen LogP) is 3.02. The molecule has 0 spiro atoms. The average molecular weight is 373 g/mol. The van der Waals surface area contributed by atoms with E-state index in [2.05, 4.69) is 5.32 Å². The second kappa shape index (κ2) is 8.62. The van der Waals surface area contributed by atoms with Gasteiger partial charge in [-0.05, 0) is 30.2 Å². The van der Waals surface area contributed by atoms with Gasteiger partial charge in [0, 0.05) is 38.3 Å². The molecule has 0 bridgehead atoms. The van der Waals surface area contributed by atoms with Crippen LogP contribution in [0.5, 0.6) is 0 Å².